The molecule has 4 rings (SSSR count). The highest BCUT2D eigenvalue weighted by molar-refractivity contribution is 9.09. The Balaban J connectivity index is 1.48. The number of halogens is 1. The number of ketones is 1. The maximum Gasteiger partial charge on any atom is 0.310 e. The summed E-state index contributed by atoms with van der Waals surface area (Å²) >= 11 is 3.57. The second-order valence-corrected chi connectivity index (χ2v) is 8.33. The van der Waals surface area contributed by atoms with Gasteiger partial charge in [0.05, 0.1) is 16.7 Å². The molecule has 0 unspecified atom stereocenters. The lowest BCUT2D eigenvalue weighted by Gasteiger charge is -2.27. The molecule has 1 aliphatic heterocycles. The Hall–Kier alpha value is -1.69. The summed E-state index contributed by atoms with van der Waals surface area (Å²) in [5.41, 5.74) is 1.57. The number of carbonyl (C=O) groups is 3. The molecule has 2 bridgehead atoms. The number of esters is 2. The Labute approximate surface area is 154 Å². The Morgan fingerprint density at radius 3 is 2.60 bits per heavy atom. The Morgan fingerprint density at radius 2 is 1.92 bits per heavy atom. The van der Waals surface area contributed by atoms with E-state index in [9.17, 15) is 14.4 Å². The lowest BCUT2D eigenvalue weighted by molar-refractivity contribution is -0.157. The van der Waals surface area contributed by atoms with E-state index in [0.29, 0.717) is 5.56 Å². The van der Waals surface area contributed by atoms with Crippen LogP contribution >= 0.6 is 15.9 Å². The molecule has 0 aromatic heterocycles. The summed E-state index contributed by atoms with van der Waals surface area (Å²) in [5.74, 6) is -1.83. The minimum absolute atomic E-state index is 0.0131. The molecule has 0 N–H and O–H groups in total. The van der Waals surface area contributed by atoms with E-state index in [4.69, 9.17) is 9.47 Å². The van der Waals surface area contributed by atoms with Gasteiger partial charge in [0.1, 0.15) is 6.10 Å². The normalized spacial score (nSPS) is 36.2. The predicted molar refractivity (Wildman–Crippen MR) is 92.2 cm³/mol. The number of benzene rings is 1. The van der Waals surface area contributed by atoms with Crippen LogP contribution in [0.2, 0.25) is 0 Å². The molecule has 6 heteroatoms. The molecule has 1 aromatic carbocycles. The fourth-order valence-electron chi connectivity index (χ4n) is 4.55. The van der Waals surface area contributed by atoms with E-state index >= 15 is 0 Å². The molecule has 0 radical (unpaired) electrons. The monoisotopic (exact) mass is 406 g/mol. The minimum Gasteiger partial charge on any atom is -0.461 e. The first kappa shape index (κ1) is 16.8. The van der Waals surface area contributed by atoms with Crippen LogP contribution in [0.3, 0.4) is 0 Å². The molecule has 7 atom stereocenters. The quantitative estimate of drug-likeness (QED) is 0.436. The number of aryl methyl sites for hydroxylation is 1. The van der Waals surface area contributed by atoms with Gasteiger partial charge in [-0.25, -0.2) is 0 Å². The molecular weight excluding hydrogens is 388 g/mol. The first-order valence-electron chi connectivity index (χ1n) is 8.54. The third-order valence-corrected chi connectivity index (χ3v) is 6.99. The molecular formula is C19H19BrO5. The van der Waals surface area contributed by atoms with E-state index in [1.807, 2.05) is 19.1 Å². The maximum absolute atomic E-state index is 12.7. The van der Waals surface area contributed by atoms with Crippen LogP contribution in [0.1, 0.15) is 29.3 Å². The molecule has 3 fully saturated rings. The maximum atomic E-state index is 12.7. The average molecular weight is 407 g/mol. The molecule has 1 heterocycles. The number of rotatable bonds is 4. The van der Waals surface area contributed by atoms with Gasteiger partial charge in [-0.3, -0.25) is 14.4 Å². The van der Waals surface area contributed by atoms with Gasteiger partial charge in [0.25, 0.3) is 0 Å². The number of Topliss-reactive ketones (excluding diaryl/α,β-unsaturated/α-hetero) is 1. The summed E-state index contributed by atoms with van der Waals surface area (Å²) in [5, 5.41) is 0. The van der Waals surface area contributed by atoms with Crippen molar-refractivity contribution in [3.63, 3.8) is 0 Å². The highest BCUT2D eigenvalue weighted by atomic mass is 79.9. The summed E-state index contributed by atoms with van der Waals surface area (Å²) < 4.78 is 10.9. The van der Waals surface area contributed by atoms with Gasteiger partial charge in [0.15, 0.2) is 6.10 Å². The van der Waals surface area contributed by atoms with Gasteiger partial charge in [-0.15, -0.1) is 0 Å². The number of ether oxygens (including phenoxy) is 2. The molecule has 2 saturated carbocycles. The van der Waals surface area contributed by atoms with Crippen molar-refractivity contribution in [2.45, 2.75) is 37.3 Å². The van der Waals surface area contributed by atoms with Crippen LogP contribution in [0.15, 0.2) is 24.3 Å². The molecule has 3 aliphatic rings. The van der Waals surface area contributed by atoms with Gasteiger partial charge in [-0.05, 0) is 26.2 Å². The van der Waals surface area contributed by atoms with Gasteiger partial charge in [-0.2, -0.15) is 0 Å². The zero-order chi connectivity index (χ0) is 17.9. The second kappa shape index (κ2) is 5.94. The zero-order valence-corrected chi connectivity index (χ0v) is 15.6. The molecule has 0 spiro atoms. The summed E-state index contributed by atoms with van der Waals surface area (Å²) in [7, 11) is 0. The van der Waals surface area contributed by atoms with Crippen molar-refractivity contribution in [3.05, 3.63) is 35.4 Å². The first-order valence-corrected chi connectivity index (χ1v) is 9.46. The number of carbonyl (C=O) groups excluding carboxylic acids is 3. The van der Waals surface area contributed by atoms with Crippen molar-refractivity contribution in [2.24, 2.45) is 23.7 Å². The Bertz CT molecular complexity index is 743. The molecule has 1 saturated heterocycles. The molecule has 0 amide bonds. The highest BCUT2D eigenvalue weighted by Gasteiger charge is 2.68. The smallest absolute Gasteiger partial charge is 0.310 e. The summed E-state index contributed by atoms with van der Waals surface area (Å²) in [6.07, 6.45) is -0.216. The third kappa shape index (κ3) is 2.53. The zero-order valence-electron chi connectivity index (χ0n) is 14.0. The van der Waals surface area contributed by atoms with Gasteiger partial charge in [0.2, 0.25) is 5.78 Å². The fraction of sp³-hybridized carbons (Fsp3) is 0.526. The van der Waals surface area contributed by atoms with Crippen molar-refractivity contribution >= 4 is 33.7 Å². The Morgan fingerprint density at radius 1 is 1.24 bits per heavy atom. The van der Waals surface area contributed by atoms with Crippen LogP contribution in [0.25, 0.3) is 0 Å². The standard InChI is InChI=1S/C19H19BrO5/c1-8-3-5-10(6-4-8)16(21)9(2)24-18(22)13-11-7-12-14(13)19(23)25-17(12)15(11)20/h3-6,9,11-15,17H,7H2,1-2H3/t9-,11+,12+,13+,14-,15-,17-/m0/s1. The van der Waals surface area contributed by atoms with Crippen molar-refractivity contribution in [2.75, 3.05) is 0 Å². The fourth-order valence-corrected chi connectivity index (χ4v) is 5.60. The molecule has 2 aliphatic carbocycles. The van der Waals surface area contributed by atoms with Crippen LogP contribution in [0.5, 0.6) is 0 Å². The van der Waals surface area contributed by atoms with E-state index in [-0.39, 0.29) is 34.5 Å². The van der Waals surface area contributed by atoms with E-state index in [0.717, 1.165) is 12.0 Å². The lowest BCUT2D eigenvalue weighted by atomic mass is 9.80. The summed E-state index contributed by atoms with van der Waals surface area (Å²) in [4.78, 5) is 37.3. The van der Waals surface area contributed by atoms with E-state index < -0.39 is 23.9 Å². The van der Waals surface area contributed by atoms with Crippen LogP contribution in [-0.2, 0) is 19.1 Å². The van der Waals surface area contributed by atoms with Crippen molar-refractivity contribution in [3.8, 4) is 0 Å². The van der Waals surface area contributed by atoms with Gasteiger partial charge in [0, 0.05) is 11.5 Å². The van der Waals surface area contributed by atoms with Gasteiger partial charge in [-0.1, -0.05) is 45.8 Å². The topological polar surface area (TPSA) is 69.7 Å². The molecule has 1 aromatic rings. The number of fused-ring (bicyclic) bond motifs is 1. The number of hydrogen-bond donors (Lipinski definition) is 0. The molecule has 132 valence electrons. The lowest BCUT2D eigenvalue weighted by Crippen LogP contribution is -2.40. The van der Waals surface area contributed by atoms with Crippen LogP contribution in [-0.4, -0.2) is 34.8 Å². The van der Waals surface area contributed by atoms with E-state index in [1.54, 1.807) is 19.1 Å². The first-order chi connectivity index (χ1) is 11.9. The predicted octanol–water partition coefficient (Wildman–Crippen LogP) is 2.68. The van der Waals surface area contributed by atoms with E-state index in [1.165, 1.54) is 0 Å². The highest BCUT2D eigenvalue weighted by Crippen LogP contribution is 2.60. The Kier molecular flexibility index (Phi) is 3.98. The largest absolute Gasteiger partial charge is 0.461 e. The number of alkyl halides is 1. The summed E-state index contributed by atoms with van der Waals surface area (Å²) in [6, 6.07) is 7.16. The van der Waals surface area contributed by atoms with E-state index in [2.05, 4.69) is 15.9 Å². The van der Waals surface area contributed by atoms with Crippen LogP contribution in [0, 0.1) is 30.6 Å². The van der Waals surface area contributed by atoms with Crippen LogP contribution < -0.4 is 0 Å². The van der Waals surface area contributed by atoms with Crippen molar-refractivity contribution in [1.82, 2.24) is 0 Å². The average Bonchev–Trinajstić information content (AvgIpc) is 3.19. The van der Waals surface area contributed by atoms with Crippen molar-refractivity contribution in [1.29, 1.82) is 0 Å². The van der Waals surface area contributed by atoms with Crippen LogP contribution in [0.4, 0.5) is 0 Å². The minimum atomic E-state index is -0.878. The SMILES string of the molecule is Cc1ccc(C(=O)[C@H](C)OC(=O)[C@@H]2[C@H]3C[C@H]4[C@H](OC(=O)[C@@H]42)[C@H]3Br)cc1. The molecule has 5 nitrogen and oxygen atoms in total. The molecule has 25 heavy (non-hydrogen) atoms. The van der Waals surface area contributed by atoms with Gasteiger partial charge >= 0.3 is 11.9 Å². The van der Waals surface area contributed by atoms with Gasteiger partial charge < -0.3 is 9.47 Å². The second-order valence-electron chi connectivity index (χ2n) is 7.27. The number of hydrogen-bond acceptors (Lipinski definition) is 5. The third-order valence-electron chi connectivity index (χ3n) is 5.79. The summed E-state index contributed by atoms with van der Waals surface area (Å²) in [6.45, 7) is 3.52. The van der Waals surface area contributed by atoms with Crippen molar-refractivity contribution < 1.29 is 23.9 Å².